The highest BCUT2D eigenvalue weighted by Crippen LogP contribution is 2.35. The maximum Gasteiger partial charge on any atom is 0.147 e. The number of hydrogen-bond donors (Lipinski definition) is 1. The van der Waals surface area contributed by atoms with E-state index in [9.17, 15) is 0 Å². The Hall–Kier alpha value is -1.38. The minimum Gasteiger partial charge on any atom is -0.456 e. The number of aryl methyl sites for hydroxylation is 1. The lowest BCUT2D eigenvalue weighted by Crippen LogP contribution is -1.90. The summed E-state index contributed by atoms with van der Waals surface area (Å²) in [5.74, 6) is 1.16. The molecule has 0 unspecified atom stereocenters. The van der Waals surface area contributed by atoms with Gasteiger partial charge in [-0.2, -0.15) is 0 Å². The first kappa shape index (κ1) is 12.1. The van der Waals surface area contributed by atoms with Crippen molar-refractivity contribution in [2.75, 3.05) is 5.73 Å². The van der Waals surface area contributed by atoms with Crippen molar-refractivity contribution in [2.45, 2.75) is 6.92 Å². The van der Waals surface area contributed by atoms with E-state index in [0.29, 0.717) is 27.2 Å². The molecule has 0 saturated heterocycles. The third-order valence-electron chi connectivity index (χ3n) is 2.22. The molecular formula is C13H11Cl2NO. The van der Waals surface area contributed by atoms with Crippen LogP contribution >= 0.6 is 23.2 Å². The van der Waals surface area contributed by atoms with Crippen molar-refractivity contribution in [2.24, 2.45) is 0 Å². The highest BCUT2D eigenvalue weighted by molar-refractivity contribution is 6.42. The second kappa shape index (κ2) is 4.86. The van der Waals surface area contributed by atoms with Crippen LogP contribution in [0.5, 0.6) is 11.5 Å². The predicted molar refractivity (Wildman–Crippen MR) is 72.1 cm³/mol. The van der Waals surface area contributed by atoms with E-state index in [1.165, 1.54) is 0 Å². The zero-order chi connectivity index (χ0) is 12.4. The van der Waals surface area contributed by atoms with Gasteiger partial charge in [-0.25, -0.2) is 0 Å². The third-order valence-corrected chi connectivity index (χ3v) is 3.02. The highest BCUT2D eigenvalue weighted by atomic mass is 35.5. The molecule has 0 aliphatic rings. The van der Waals surface area contributed by atoms with Crippen molar-refractivity contribution < 1.29 is 4.74 Å². The first-order valence-corrected chi connectivity index (χ1v) is 5.81. The van der Waals surface area contributed by atoms with Crippen molar-refractivity contribution in [3.05, 3.63) is 52.0 Å². The van der Waals surface area contributed by atoms with Gasteiger partial charge in [0.05, 0.1) is 5.02 Å². The van der Waals surface area contributed by atoms with Gasteiger partial charge in [0.15, 0.2) is 0 Å². The van der Waals surface area contributed by atoms with Gasteiger partial charge in [-0.05, 0) is 36.8 Å². The Morgan fingerprint density at radius 1 is 1.12 bits per heavy atom. The van der Waals surface area contributed by atoms with Crippen LogP contribution in [0.2, 0.25) is 10.0 Å². The Morgan fingerprint density at radius 2 is 1.88 bits per heavy atom. The fourth-order valence-electron chi connectivity index (χ4n) is 1.53. The van der Waals surface area contributed by atoms with Gasteiger partial charge in [-0.15, -0.1) is 0 Å². The normalized spacial score (nSPS) is 10.3. The Balaban J connectivity index is 2.34. The topological polar surface area (TPSA) is 35.2 Å². The molecule has 0 aliphatic heterocycles. The first-order valence-electron chi connectivity index (χ1n) is 5.05. The lowest BCUT2D eigenvalue weighted by atomic mass is 10.2. The van der Waals surface area contributed by atoms with Crippen LogP contribution in [0.3, 0.4) is 0 Å². The number of hydrogen-bond acceptors (Lipinski definition) is 2. The van der Waals surface area contributed by atoms with Crippen molar-refractivity contribution in [1.29, 1.82) is 0 Å². The summed E-state index contributed by atoms with van der Waals surface area (Å²) in [5, 5.41) is 0.860. The molecule has 0 bridgehead atoms. The lowest BCUT2D eigenvalue weighted by molar-refractivity contribution is 0.483. The molecule has 0 aromatic heterocycles. The molecule has 2 nitrogen and oxygen atoms in total. The molecule has 2 N–H and O–H groups in total. The second-order valence-corrected chi connectivity index (χ2v) is 4.52. The van der Waals surface area contributed by atoms with Crippen molar-refractivity contribution in [1.82, 2.24) is 0 Å². The van der Waals surface area contributed by atoms with Crippen LogP contribution in [0.1, 0.15) is 5.56 Å². The van der Waals surface area contributed by atoms with Gasteiger partial charge in [-0.1, -0.05) is 29.3 Å². The number of ether oxygens (including phenoxy) is 1. The van der Waals surface area contributed by atoms with E-state index in [1.807, 2.05) is 19.1 Å². The van der Waals surface area contributed by atoms with E-state index in [1.54, 1.807) is 24.3 Å². The zero-order valence-electron chi connectivity index (χ0n) is 9.21. The smallest absolute Gasteiger partial charge is 0.147 e. The molecule has 4 heteroatoms. The fraction of sp³-hybridized carbons (Fsp3) is 0.0769. The molecule has 88 valence electrons. The van der Waals surface area contributed by atoms with E-state index in [2.05, 4.69) is 0 Å². The van der Waals surface area contributed by atoms with Gasteiger partial charge in [0.1, 0.15) is 16.5 Å². The van der Waals surface area contributed by atoms with Gasteiger partial charge >= 0.3 is 0 Å². The van der Waals surface area contributed by atoms with E-state index < -0.39 is 0 Å². The van der Waals surface area contributed by atoms with Crippen LogP contribution in [0, 0.1) is 6.92 Å². The van der Waals surface area contributed by atoms with Crippen LogP contribution in [-0.2, 0) is 0 Å². The molecule has 0 amide bonds. The molecule has 17 heavy (non-hydrogen) atoms. The lowest BCUT2D eigenvalue weighted by Gasteiger charge is -2.09. The molecule has 0 heterocycles. The molecule has 0 radical (unpaired) electrons. The summed E-state index contributed by atoms with van der Waals surface area (Å²) in [5.41, 5.74) is 7.42. The molecule has 2 aromatic rings. The summed E-state index contributed by atoms with van der Waals surface area (Å²) in [6, 6.07) is 10.7. The van der Waals surface area contributed by atoms with Crippen LogP contribution in [0.15, 0.2) is 36.4 Å². The number of nitrogens with two attached hydrogens (primary N) is 1. The van der Waals surface area contributed by atoms with E-state index >= 15 is 0 Å². The van der Waals surface area contributed by atoms with Crippen LogP contribution in [0.4, 0.5) is 5.69 Å². The first-order chi connectivity index (χ1) is 8.06. The molecule has 0 atom stereocenters. The number of rotatable bonds is 2. The Morgan fingerprint density at radius 3 is 2.59 bits per heavy atom. The summed E-state index contributed by atoms with van der Waals surface area (Å²) in [7, 11) is 0. The van der Waals surface area contributed by atoms with Crippen LogP contribution in [-0.4, -0.2) is 0 Å². The summed E-state index contributed by atoms with van der Waals surface area (Å²) in [4.78, 5) is 0. The quantitative estimate of drug-likeness (QED) is 0.803. The maximum atomic E-state index is 6.03. The second-order valence-electron chi connectivity index (χ2n) is 3.73. The number of benzene rings is 2. The number of nitrogen functional groups attached to an aromatic ring is 1. The summed E-state index contributed by atoms with van der Waals surface area (Å²) in [6.07, 6.45) is 0. The highest BCUT2D eigenvalue weighted by Gasteiger charge is 2.07. The summed E-state index contributed by atoms with van der Waals surface area (Å²) in [6.45, 7) is 1.95. The van der Waals surface area contributed by atoms with E-state index in [4.69, 9.17) is 33.7 Å². The molecule has 0 saturated carbocycles. The molecule has 0 spiro atoms. The van der Waals surface area contributed by atoms with Gasteiger partial charge in [0.25, 0.3) is 0 Å². The minimum absolute atomic E-state index is 0.397. The van der Waals surface area contributed by atoms with Gasteiger partial charge in [-0.3, -0.25) is 0 Å². The zero-order valence-corrected chi connectivity index (χ0v) is 10.7. The van der Waals surface area contributed by atoms with Crippen molar-refractivity contribution in [3.63, 3.8) is 0 Å². The van der Waals surface area contributed by atoms with Gasteiger partial charge in [0, 0.05) is 11.8 Å². The van der Waals surface area contributed by atoms with E-state index in [0.717, 1.165) is 5.56 Å². The fourth-order valence-corrected chi connectivity index (χ4v) is 1.86. The average Bonchev–Trinajstić information content (AvgIpc) is 2.23. The third kappa shape index (κ3) is 2.84. The SMILES string of the molecule is Cc1cc(N)cc(Oc2cccc(Cl)c2Cl)c1. The summed E-state index contributed by atoms with van der Waals surface area (Å²) >= 11 is 11.9. The molecular weight excluding hydrogens is 257 g/mol. The Bertz CT molecular complexity index is 535. The van der Waals surface area contributed by atoms with Crippen LogP contribution < -0.4 is 10.5 Å². The Labute approximate surface area is 110 Å². The van der Waals surface area contributed by atoms with Crippen molar-refractivity contribution in [3.8, 4) is 11.5 Å². The van der Waals surface area contributed by atoms with E-state index in [-0.39, 0.29) is 0 Å². The van der Waals surface area contributed by atoms with Crippen LogP contribution in [0.25, 0.3) is 0 Å². The average molecular weight is 268 g/mol. The molecule has 2 aromatic carbocycles. The standard InChI is InChI=1S/C13H11Cl2NO/c1-8-5-9(16)7-10(6-8)17-12-4-2-3-11(14)13(12)15/h2-7H,16H2,1H3. The van der Waals surface area contributed by atoms with Gasteiger partial charge < -0.3 is 10.5 Å². The monoisotopic (exact) mass is 267 g/mol. The van der Waals surface area contributed by atoms with Gasteiger partial charge in [0.2, 0.25) is 0 Å². The molecule has 2 rings (SSSR count). The summed E-state index contributed by atoms with van der Waals surface area (Å²) < 4.78 is 5.66. The predicted octanol–water partition coefficient (Wildman–Crippen LogP) is 4.68. The maximum absolute atomic E-state index is 6.03. The molecule has 0 aliphatic carbocycles. The Kier molecular flexibility index (Phi) is 3.46. The van der Waals surface area contributed by atoms with Crippen molar-refractivity contribution >= 4 is 28.9 Å². The minimum atomic E-state index is 0.397. The number of halogens is 2. The molecule has 0 fully saturated rings. The largest absolute Gasteiger partial charge is 0.456 e. The number of anilines is 1.